The van der Waals surface area contributed by atoms with Gasteiger partial charge in [-0.15, -0.1) is 11.3 Å². The van der Waals surface area contributed by atoms with Gasteiger partial charge in [0.15, 0.2) is 0 Å². The van der Waals surface area contributed by atoms with Crippen LogP contribution in [0.1, 0.15) is 70.7 Å². The first-order valence-corrected chi connectivity index (χ1v) is 12.5. The van der Waals surface area contributed by atoms with Gasteiger partial charge in [0.2, 0.25) is 5.91 Å². The molecule has 0 spiro atoms. The average Bonchev–Trinajstić information content (AvgIpc) is 3.73. The number of carbonyl (C=O) groups excluding carboxylic acids is 3. The van der Waals surface area contributed by atoms with Crippen molar-refractivity contribution in [2.45, 2.75) is 64.6 Å². The monoisotopic (exact) mass is 469 g/mol. The van der Waals surface area contributed by atoms with Crippen molar-refractivity contribution >= 4 is 34.1 Å². The van der Waals surface area contributed by atoms with Crippen LogP contribution in [0.4, 0.5) is 5.00 Å². The molecule has 2 amide bonds. The summed E-state index contributed by atoms with van der Waals surface area (Å²) in [7, 11) is 0. The van der Waals surface area contributed by atoms with Crippen molar-refractivity contribution in [2.75, 3.05) is 18.5 Å². The smallest absolute Gasteiger partial charge is 0.341 e. The molecule has 1 aromatic carbocycles. The van der Waals surface area contributed by atoms with Gasteiger partial charge in [-0.2, -0.15) is 0 Å². The van der Waals surface area contributed by atoms with Crippen molar-refractivity contribution in [1.82, 2.24) is 10.2 Å². The SMILES string of the molecule is CCOC(=O)c1cc(CC)sc1NC(=O)CN(Cc1ccc(C(=O)NC2CC2)cc1)C1CC1. The number of hydrogen-bond acceptors (Lipinski definition) is 6. The minimum absolute atomic E-state index is 0.0257. The van der Waals surface area contributed by atoms with Crippen LogP contribution in [0.5, 0.6) is 0 Å². The van der Waals surface area contributed by atoms with E-state index in [2.05, 4.69) is 15.5 Å². The van der Waals surface area contributed by atoms with Gasteiger partial charge in [-0.1, -0.05) is 19.1 Å². The molecular weight excluding hydrogens is 438 g/mol. The summed E-state index contributed by atoms with van der Waals surface area (Å²) in [6.07, 6.45) is 5.06. The molecule has 33 heavy (non-hydrogen) atoms. The third kappa shape index (κ3) is 6.42. The average molecular weight is 470 g/mol. The first-order valence-electron chi connectivity index (χ1n) is 11.7. The topological polar surface area (TPSA) is 87.7 Å². The summed E-state index contributed by atoms with van der Waals surface area (Å²) in [6, 6.07) is 10.1. The van der Waals surface area contributed by atoms with E-state index in [0.717, 1.165) is 42.5 Å². The number of hydrogen-bond donors (Lipinski definition) is 2. The molecule has 1 heterocycles. The number of nitrogens with one attached hydrogen (secondary N) is 2. The summed E-state index contributed by atoms with van der Waals surface area (Å²) < 4.78 is 5.14. The van der Waals surface area contributed by atoms with Crippen molar-refractivity contribution in [3.8, 4) is 0 Å². The fourth-order valence-corrected chi connectivity index (χ4v) is 4.67. The summed E-state index contributed by atoms with van der Waals surface area (Å²) in [5.74, 6) is -0.576. The highest BCUT2D eigenvalue weighted by atomic mass is 32.1. The molecular formula is C25H31N3O4S. The molecule has 4 rings (SSSR count). The molecule has 0 bridgehead atoms. The van der Waals surface area contributed by atoms with E-state index in [1.54, 1.807) is 13.0 Å². The Bertz CT molecular complexity index is 1010. The maximum absolute atomic E-state index is 12.9. The molecule has 7 nitrogen and oxygen atoms in total. The number of aryl methyl sites for hydroxylation is 1. The van der Waals surface area contributed by atoms with Crippen molar-refractivity contribution in [1.29, 1.82) is 0 Å². The van der Waals surface area contributed by atoms with Crippen molar-refractivity contribution < 1.29 is 19.1 Å². The Kier molecular flexibility index (Phi) is 7.45. The van der Waals surface area contributed by atoms with Gasteiger partial charge < -0.3 is 15.4 Å². The molecule has 2 saturated carbocycles. The first-order chi connectivity index (χ1) is 16.0. The maximum Gasteiger partial charge on any atom is 0.341 e. The molecule has 0 aliphatic heterocycles. The maximum atomic E-state index is 12.9. The van der Waals surface area contributed by atoms with E-state index >= 15 is 0 Å². The lowest BCUT2D eigenvalue weighted by molar-refractivity contribution is -0.117. The van der Waals surface area contributed by atoms with Gasteiger partial charge >= 0.3 is 5.97 Å². The number of carbonyl (C=O) groups is 3. The Morgan fingerprint density at radius 3 is 2.42 bits per heavy atom. The third-order valence-corrected chi connectivity index (χ3v) is 7.00. The summed E-state index contributed by atoms with van der Waals surface area (Å²) in [5, 5.41) is 6.49. The van der Waals surface area contributed by atoms with Crippen LogP contribution in [-0.2, 0) is 22.5 Å². The molecule has 2 N–H and O–H groups in total. The van der Waals surface area contributed by atoms with E-state index in [9.17, 15) is 14.4 Å². The Morgan fingerprint density at radius 1 is 1.09 bits per heavy atom. The van der Waals surface area contributed by atoms with Crippen LogP contribution in [0, 0.1) is 0 Å². The predicted octanol–water partition coefficient (Wildman–Crippen LogP) is 3.98. The number of thiophene rings is 1. The lowest BCUT2D eigenvalue weighted by Crippen LogP contribution is -2.34. The molecule has 1 aromatic heterocycles. The molecule has 2 aromatic rings. The van der Waals surface area contributed by atoms with Crippen molar-refractivity contribution in [2.24, 2.45) is 0 Å². The number of ether oxygens (including phenoxy) is 1. The van der Waals surface area contributed by atoms with Crippen molar-refractivity contribution in [3.05, 3.63) is 51.9 Å². The molecule has 0 unspecified atom stereocenters. The van der Waals surface area contributed by atoms with Gasteiger partial charge in [0.1, 0.15) is 5.00 Å². The van der Waals surface area contributed by atoms with Crippen LogP contribution < -0.4 is 10.6 Å². The highest BCUT2D eigenvalue weighted by Gasteiger charge is 2.31. The van der Waals surface area contributed by atoms with Crippen molar-refractivity contribution in [3.63, 3.8) is 0 Å². The number of esters is 1. The lowest BCUT2D eigenvalue weighted by Gasteiger charge is -2.21. The fraction of sp³-hybridized carbons (Fsp3) is 0.480. The Hall–Kier alpha value is -2.71. The van der Waals surface area contributed by atoms with E-state index in [0.29, 0.717) is 41.4 Å². The zero-order valence-corrected chi connectivity index (χ0v) is 20.0. The van der Waals surface area contributed by atoms with Gasteiger partial charge in [-0.05, 0) is 62.8 Å². The number of anilines is 1. The third-order valence-electron chi connectivity index (χ3n) is 5.80. The predicted molar refractivity (Wildman–Crippen MR) is 129 cm³/mol. The molecule has 176 valence electrons. The molecule has 8 heteroatoms. The molecule has 2 aliphatic rings. The molecule has 2 aliphatic carbocycles. The zero-order chi connectivity index (χ0) is 23.4. The standard InChI is InChI=1S/C25H31N3O4S/c1-3-20-13-21(25(31)32-4-2)24(33-20)27-22(29)15-28(19-11-12-19)14-16-5-7-17(8-6-16)23(30)26-18-9-10-18/h5-8,13,18-19H,3-4,9-12,14-15H2,1-2H3,(H,26,30)(H,27,29). The minimum Gasteiger partial charge on any atom is -0.462 e. The van der Waals surface area contributed by atoms with Crippen LogP contribution in [-0.4, -0.2) is 47.9 Å². The Labute approximate surface area is 198 Å². The number of benzene rings is 1. The van der Waals surface area contributed by atoms with Gasteiger partial charge in [-0.25, -0.2) is 4.79 Å². The summed E-state index contributed by atoms with van der Waals surface area (Å²) in [5.41, 5.74) is 2.15. The highest BCUT2D eigenvalue weighted by Crippen LogP contribution is 2.31. The zero-order valence-electron chi connectivity index (χ0n) is 19.2. The van der Waals surface area contributed by atoms with E-state index in [-0.39, 0.29) is 18.4 Å². The molecule has 0 radical (unpaired) electrons. The second-order valence-electron chi connectivity index (χ2n) is 8.66. The number of nitrogens with zero attached hydrogens (tertiary/aromatic N) is 1. The Balaban J connectivity index is 1.37. The Morgan fingerprint density at radius 2 is 1.82 bits per heavy atom. The van der Waals surface area contributed by atoms with E-state index < -0.39 is 5.97 Å². The minimum atomic E-state index is -0.409. The summed E-state index contributed by atoms with van der Waals surface area (Å²) in [4.78, 5) is 40.6. The van der Waals surface area contributed by atoms with Crippen LogP contribution in [0.2, 0.25) is 0 Å². The van der Waals surface area contributed by atoms with Gasteiger partial charge in [0.05, 0.1) is 18.7 Å². The normalized spacial score (nSPS) is 15.4. The van der Waals surface area contributed by atoms with Crippen LogP contribution in [0.15, 0.2) is 30.3 Å². The number of rotatable bonds is 11. The summed E-state index contributed by atoms with van der Waals surface area (Å²) >= 11 is 1.42. The first kappa shape index (κ1) is 23.4. The summed E-state index contributed by atoms with van der Waals surface area (Å²) in [6.45, 7) is 4.96. The van der Waals surface area contributed by atoms with Crippen LogP contribution in [0.25, 0.3) is 0 Å². The van der Waals surface area contributed by atoms with Gasteiger partial charge in [0, 0.05) is 29.1 Å². The molecule has 0 atom stereocenters. The van der Waals surface area contributed by atoms with E-state index in [1.807, 2.05) is 31.2 Å². The van der Waals surface area contributed by atoms with Gasteiger partial charge in [0.25, 0.3) is 5.91 Å². The highest BCUT2D eigenvalue weighted by molar-refractivity contribution is 7.16. The largest absolute Gasteiger partial charge is 0.462 e. The van der Waals surface area contributed by atoms with E-state index in [4.69, 9.17) is 4.74 Å². The second-order valence-corrected chi connectivity index (χ2v) is 9.80. The van der Waals surface area contributed by atoms with Crippen LogP contribution >= 0.6 is 11.3 Å². The fourth-order valence-electron chi connectivity index (χ4n) is 3.67. The molecule has 2 fully saturated rings. The van der Waals surface area contributed by atoms with E-state index in [1.165, 1.54) is 11.3 Å². The van der Waals surface area contributed by atoms with Gasteiger partial charge in [-0.3, -0.25) is 14.5 Å². The molecule has 0 saturated heterocycles. The number of amides is 2. The second kappa shape index (κ2) is 10.5. The quantitative estimate of drug-likeness (QED) is 0.486. The van der Waals surface area contributed by atoms with Crippen LogP contribution in [0.3, 0.4) is 0 Å². The lowest BCUT2D eigenvalue weighted by atomic mass is 10.1.